The number of nitrogens with two attached hydrogens (primary N) is 2. The predicted molar refractivity (Wildman–Crippen MR) is 32.2 cm³/mol. The topological polar surface area (TPSA) is 111 Å². The van der Waals surface area contributed by atoms with E-state index in [9.17, 15) is 8.42 Å². The van der Waals surface area contributed by atoms with E-state index in [2.05, 4.69) is 8.80 Å². The van der Waals surface area contributed by atoms with Crippen molar-refractivity contribution in [1.82, 2.24) is 0 Å². The molecule has 6 nitrogen and oxygen atoms in total. The maximum atomic E-state index is 10.3. The molecule has 9 heavy (non-hydrogen) atoms. The van der Waals surface area contributed by atoms with Crippen molar-refractivity contribution < 1.29 is 8.42 Å². The third kappa shape index (κ3) is 0.992. The summed E-state index contributed by atoms with van der Waals surface area (Å²) >= 11 is 0. The van der Waals surface area contributed by atoms with Crippen LogP contribution in [-0.4, -0.2) is 20.1 Å². The standard InChI is InChI=1S/C2H4N4O2S/c3-1-2(4)6-9(7,8)5-1/h(H2,3,5)(H2,4,6). The summed E-state index contributed by atoms with van der Waals surface area (Å²) in [4.78, 5) is 0. The average Bonchev–Trinajstić information content (AvgIpc) is 1.79. The van der Waals surface area contributed by atoms with E-state index in [0.717, 1.165) is 0 Å². The Morgan fingerprint density at radius 1 is 1.11 bits per heavy atom. The molecule has 0 aliphatic carbocycles. The first-order valence-corrected chi connectivity index (χ1v) is 3.37. The number of amidine groups is 2. The zero-order valence-corrected chi connectivity index (χ0v) is 5.09. The van der Waals surface area contributed by atoms with Gasteiger partial charge in [-0.1, -0.05) is 0 Å². The Morgan fingerprint density at radius 3 is 1.56 bits per heavy atom. The molecule has 0 atom stereocenters. The van der Waals surface area contributed by atoms with Crippen LogP contribution in [0.2, 0.25) is 0 Å². The fourth-order valence-electron chi connectivity index (χ4n) is 0.363. The van der Waals surface area contributed by atoms with Crippen molar-refractivity contribution in [2.45, 2.75) is 0 Å². The van der Waals surface area contributed by atoms with Crippen LogP contribution >= 0.6 is 0 Å². The van der Waals surface area contributed by atoms with E-state index < -0.39 is 10.2 Å². The molecule has 1 aliphatic heterocycles. The van der Waals surface area contributed by atoms with Crippen LogP contribution in [-0.2, 0) is 10.2 Å². The molecule has 0 spiro atoms. The summed E-state index contributed by atoms with van der Waals surface area (Å²) in [6.07, 6.45) is 0. The number of hydrogen-bond donors (Lipinski definition) is 2. The van der Waals surface area contributed by atoms with Gasteiger partial charge in [-0.25, -0.2) is 0 Å². The third-order valence-corrected chi connectivity index (χ3v) is 1.54. The van der Waals surface area contributed by atoms with Gasteiger partial charge in [0.15, 0.2) is 11.7 Å². The minimum Gasteiger partial charge on any atom is -0.380 e. The first-order valence-electron chi connectivity index (χ1n) is 1.97. The van der Waals surface area contributed by atoms with Crippen LogP contribution in [0.3, 0.4) is 0 Å². The Kier molecular flexibility index (Phi) is 0.962. The van der Waals surface area contributed by atoms with Crippen molar-refractivity contribution in [3.63, 3.8) is 0 Å². The zero-order valence-electron chi connectivity index (χ0n) is 4.27. The molecule has 0 amide bonds. The largest absolute Gasteiger partial charge is 0.380 e. The molecule has 7 heteroatoms. The second-order valence-corrected chi connectivity index (χ2v) is 2.66. The molecule has 1 heterocycles. The lowest BCUT2D eigenvalue weighted by molar-refractivity contribution is 0.601. The Bertz CT molecular complexity index is 262. The van der Waals surface area contributed by atoms with Crippen LogP contribution in [0, 0.1) is 0 Å². The van der Waals surface area contributed by atoms with Crippen LogP contribution in [0.1, 0.15) is 0 Å². The van der Waals surface area contributed by atoms with Crippen molar-refractivity contribution in [1.29, 1.82) is 0 Å². The number of hydrogen-bond acceptors (Lipinski definition) is 4. The van der Waals surface area contributed by atoms with Gasteiger partial charge >= 0.3 is 10.2 Å². The van der Waals surface area contributed by atoms with Crippen LogP contribution in [0.5, 0.6) is 0 Å². The van der Waals surface area contributed by atoms with Gasteiger partial charge in [0, 0.05) is 0 Å². The molecule has 50 valence electrons. The van der Waals surface area contributed by atoms with Gasteiger partial charge < -0.3 is 11.5 Å². The van der Waals surface area contributed by atoms with E-state index in [1.807, 2.05) is 0 Å². The Balaban J connectivity index is 3.27. The summed E-state index contributed by atoms with van der Waals surface area (Å²) in [6.45, 7) is 0. The fraction of sp³-hybridized carbons (Fsp3) is 0. The van der Waals surface area contributed by atoms with Crippen molar-refractivity contribution in [3.05, 3.63) is 0 Å². The Hall–Kier alpha value is -1.11. The van der Waals surface area contributed by atoms with Crippen LogP contribution in [0.25, 0.3) is 0 Å². The molecule has 0 saturated heterocycles. The van der Waals surface area contributed by atoms with Crippen LogP contribution in [0.15, 0.2) is 8.80 Å². The van der Waals surface area contributed by atoms with Crippen molar-refractivity contribution in [2.75, 3.05) is 0 Å². The first kappa shape index (κ1) is 6.02. The minimum atomic E-state index is -3.72. The van der Waals surface area contributed by atoms with E-state index in [-0.39, 0.29) is 11.7 Å². The molecule has 0 aromatic rings. The van der Waals surface area contributed by atoms with Crippen molar-refractivity contribution in [3.8, 4) is 0 Å². The Labute approximate surface area is 51.5 Å². The van der Waals surface area contributed by atoms with Crippen molar-refractivity contribution in [2.24, 2.45) is 20.3 Å². The van der Waals surface area contributed by atoms with Gasteiger partial charge in [-0.15, -0.1) is 8.80 Å². The maximum Gasteiger partial charge on any atom is 0.367 e. The lowest BCUT2D eigenvalue weighted by Crippen LogP contribution is -2.28. The van der Waals surface area contributed by atoms with E-state index in [4.69, 9.17) is 11.5 Å². The highest BCUT2D eigenvalue weighted by molar-refractivity contribution is 7.89. The maximum absolute atomic E-state index is 10.3. The molecule has 0 bridgehead atoms. The molecule has 0 fully saturated rings. The molecular formula is C2H4N4O2S. The Morgan fingerprint density at radius 2 is 1.44 bits per heavy atom. The number of rotatable bonds is 0. The highest BCUT2D eigenvalue weighted by Crippen LogP contribution is 2.00. The van der Waals surface area contributed by atoms with E-state index >= 15 is 0 Å². The summed E-state index contributed by atoms with van der Waals surface area (Å²) in [5, 5.41) is 0. The van der Waals surface area contributed by atoms with Gasteiger partial charge in [-0.2, -0.15) is 8.42 Å². The smallest absolute Gasteiger partial charge is 0.367 e. The molecule has 4 N–H and O–H groups in total. The molecule has 1 aliphatic rings. The SMILES string of the molecule is NC1=NS(=O)(=O)N=C1N. The van der Waals surface area contributed by atoms with Gasteiger partial charge in [0.1, 0.15) is 0 Å². The van der Waals surface area contributed by atoms with Crippen LogP contribution < -0.4 is 11.5 Å². The molecule has 0 aromatic carbocycles. The lowest BCUT2D eigenvalue weighted by atomic mass is 10.6. The summed E-state index contributed by atoms with van der Waals surface area (Å²) in [6, 6.07) is 0. The quantitative estimate of drug-likeness (QED) is 0.412. The molecule has 0 saturated carbocycles. The molecule has 0 radical (unpaired) electrons. The third-order valence-electron chi connectivity index (χ3n) is 0.690. The van der Waals surface area contributed by atoms with Gasteiger partial charge in [-0.3, -0.25) is 0 Å². The summed E-state index contributed by atoms with van der Waals surface area (Å²) in [5.41, 5.74) is 9.94. The average molecular weight is 148 g/mol. The van der Waals surface area contributed by atoms with Gasteiger partial charge in [-0.05, 0) is 0 Å². The number of nitrogens with zero attached hydrogens (tertiary/aromatic N) is 2. The van der Waals surface area contributed by atoms with Gasteiger partial charge in [0.2, 0.25) is 0 Å². The molecule has 0 aromatic heterocycles. The predicted octanol–water partition coefficient (Wildman–Crippen LogP) is -2.04. The minimum absolute atomic E-state index is 0.241. The van der Waals surface area contributed by atoms with Gasteiger partial charge in [0.25, 0.3) is 0 Å². The summed E-state index contributed by atoms with van der Waals surface area (Å²) in [5.74, 6) is -0.481. The summed E-state index contributed by atoms with van der Waals surface area (Å²) < 4.78 is 26.5. The van der Waals surface area contributed by atoms with E-state index in [1.165, 1.54) is 0 Å². The fourth-order valence-corrected chi connectivity index (χ4v) is 1.09. The first-order chi connectivity index (χ1) is 4.01. The normalized spacial score (nSPS) is 23.1. The molecule has 0 unspecified atom stereocenters. The van der Waals surface area contributed by atoms with E-state index in [0.29, 0.717) is 0 Å². The zero-order chi connectivity index (χ0) is 7.07. The lowest BCUT2D eigenvalue weighted by Gasteiger charge is -1.81. The summed E-state index contributed by atoms with van der Waals surface area (Å²) in [7, 11) is -3.72. The van der Waals surface area contributed by atoms with E-state index in [1.54, 1.807) is 0 Å². The highest BCUT2D eigenvalue weighted by atomic mass is 32.2. The van der Waals surface area contributed by atoms with Crippen LogP contribution in [0.4, 0.5) is 0 Å². The monoisotopic (exact) mass is 148 g/mol. The molecular weight excluding hydrogens is 144 g/mol. The molecule has 1 rings (SSSR count). The van der Waals surface area contributed by atoms with Gasteiger partial charge in [0.05, 0.1) is 0 Å². The second kappa shape index (κ2) is 1.44. The highest BCUT2D eigenvalue weighted by Gasteiger charge is 2.17. The van der Waals surface area contributed by atoms with Crippen molar-refractivity contribution >= 4 is 21.9 Å². The second-order valence-electron chi connectivity index (χ2n) is 1.40.